The van der Waals surface area contributed by atoms with Gasteiger partial charge in [-0.2, -0.15) is 0 Å². The topological polar surface area (TPSA) is 68.4 Å². The van der Waals surface area contributed by atoms with Gasteiger partial charge in [-0.1, -0.05) is 49.4 Å². The van der Waals surface area contributed by atoms with Crippen LogP contribution in [0.1, 0.15) is 18.9 Å². The van der Waals surface area contributed by atoms with Crippen LogP contribution < -0.4 is 15.0 Å². The van der Waals surface area contributed by atoms with Crippen molar-refractivity contribution in [3.63, 3.8) is 0 Å². The Morgan fingerprint density at radius 1 is 1.03 bits per heavy atom. The van der Waals surface area contributed by atoms with Crippen molar-refractivity contribution in [2.75, 3.05) is 38.7 Å². The SMILES string of the molecule is COc1ccccc1N1CC(C)CN2C3C(=O)N(CCCc4ccccc4)C(=O)N(C)C3NC12. The molecule has 0 saturated carbocycles. The number of imide groups is 1. The summed E-state index contributed by atoms with van der Waals surface area (Å²) in [6, 6.07) is 17.5. The molecule has 34 heavy (non-hydrogen) atoms. The number of anilines is 1. The zero-order chi connectivity index (χ0) is 23.8. The van der Waals surface area contributed by atoms with Gasteiger partial charge in [0.2, 0.25) is 0 Å². The van der Waals surface area contributed by atoms with Crippen molar-refractivity contribution < 1.29 is 14.3 Å². The molecule has 8 nitrogen and oxygen atoms in total. The molecule has 180 valence electrons. The summed E-state index contributed by atoms with van der Waals surface area (Å²) >= 11 is 0. The Bertz CT molecular complexity index is 1050. The number of nitrogens with zero attached hydrogens (tertiary/aromatic N) is 4. The van der Waals surface area contributed by atoms with Crippen LogP contribution in [0.2, 0.25) is 0 Å². The number of hydrogen-bond acceptors (Lipinski definition) is 6. The number of para-hydroxylation sites is 2. The monoisotopic (exact) mass is 463 g/mol. The van der Waals surface area contributed by atoms with E-state index in [0.29, 0.717) is 12.5 Å². The maximum absolute atomic E-state index is 13.7. The van der Waals surface area contributed by atoms with Crippen LogP contribution in [0, 0.1) is 5.92 Å². The molecule has 1 N–H and O–H groups in total. The molecule has 5 rings (SSSR count). The van der Waals surface area contributed by atoms with Crippen LogP contribution in [0.25, 0.3) is 0 Å². The smallest absolute Gasteiger partial charge is 0.327 e. The van der Waals surface area contributed by atoms with Crippen LogP contribution in [0.5, 0.6) is 5.75 Å². The molecule has 3 saturated heterocycles. The molecular weight excluding hydrogens is 430 g/mol. The third-order valence-electron chi connectivity index (χ3n) is 7.17. The van der Waals surface area contributed by atoms with Crippen molar-refractivity contribution in [2.45, 2.75) is 38.3 Å². The lowest BCUT2D eigenvalue weighted by atomic mass is 10.0. The first-order valence-electron chi connectivity index (χ1n) is 12.0. The highest BCUT2D eigenvalue weighted by atomic mass is 16.5. The van der Waals surface area contributed by atoms with Crippen molar-refractivity contribution in [2.24, 2.45) is 5.92 Å². The number of likely N-dealkylation sites (N-methyl/N-ethyl adjacent to an activating group) is 1. The number of urea groups is 1. The number of hydrogen-bond donors (Lipinski definition) is 1. The molecular formula is C26H33N5O3. The standard InChI is InChI=1S/C26H33N5O3/c1-18-16-30(20-13-7-8-14-21(20)34-3)25-27-23-22(31(25)17-18)24(32)29(26(33)28(23)2)15-9-12-19-10-5-4-6-11-19/h4-8,10-11,13-14,18,22-23,25,27H,9,12,15-17H2,1-3H3. The van der Waals surface area contributed by atoms with E-state index in [9.17, 15) is 9.59 Å². The molecule has 0 bridgehead atoms. The minimum atomic E-state index is -0.413. The number of benzene rings is 2. The van der Waals surface area contributed by atoms with Gasteiger partial charge in [-0.25, -0.2) is 4.79 Å². The second-order valence-corrected chi connectivity index (χ2v) is 9.53. The zero-order valence-electron chi connectivity index (χ0n) is 20.1. The number of nitrogens with one attached hydrogen (secondary N) is 1. The molecule has 4 unspecified atom stereocenters. The molecule has 2 aromatic carbocycles. The number of rotatable bonds is 6. The molecule has 3 aliphatic rings. The Morgan fingerprint density at radius 3 is 2.53 bits per heavy atom. The van der Waals surface area contributed by atoms with Crippen LogP contribution in [0.4, 0.5) is 10.5 Å². The summed E-state index contributed by atoms with van der Waals surface area (Å²) in [4.78, 5) is 34.5. The predicted molar refractivity (Wildman–Crippen MR) is 130 cm³/mol. The summed E-state index contributed by atoms with van der Waals surface area (Å²) in [6.45, 7) is 4.24. The van der Waals surface area contributed by atoms with Gasteiger partial charge >= 0.3 is 6.03 Å². The fourth-order valence-electron chi connectivity index (χ4n) is 5.56. The molecule has 3 aliphatic heterocycles. The zero-order valence-corrected chi connectivity index (χ0v) is 20.1. The first-order chi connectivity index (χ1) is 16.5. The first-order valence-corrected chi connectivity index (χ1v) is 12.0. The lowest BCUT2D eigenvalue weighted by Gasteiger charge is -2.46. The number of amides is 3. The third-order valence-corrected chi connectivity index (χ3v) is 7.17. The third kappa shape index (κ3) is 3.91. The van der Waals surface area contributed by atoms with E-state index in [1.807, 2.05) is 42.5 Å². The Kier molecular flexibility index (Phi) is 6.18. The number of carbonyl (C=O) groups is 2. The number of aryl methyl sites for hydroxylation is 1. The Labute approximate surface area is 201 Å². The van der Waals surface area contributed by atoms with Gasteiger partial charge in [0, 0.05) is 26.7 Å². The second kappa shape index (κ2) is 9.27. The molecule has 3 amide bonds. The molecule has 0 aliphatic carbocycles. The second-order valence-electron chi connectivity index (χ2n) is 9.53. The largest absolute Gasteiger partial charge is 0.495 e. The molecule has 0 aromatic heterocycles. The molecule has 2 aromatic rings. The van der Waals surface area contributed by atoms with Crippen molar-refractivity contribution in [1.82, 2.24) is 20.0 Å². The average Bonchev–Trinajstić information content (AvgIpc) is 3.24. The molecule has 8 heteroatoms. The van der Waals surface area contributed by atoms with Crippen LogP contribution in [-0.2, 0) is 11.2 Å². The van der Waals surface area contributed by atoms with Crippen LogP contribution >= 0.6 is 0 Å². The molecule has 0 spiro atoms. The molecule has 3 fully saturated rings. The minimum Gasteiger partial charge on any atom is -0.495 e. The highest BCUT2D eigenvalue weighted by Crippen LogP contribution is 2.37. The van der Waals surface area contributed by atoms with Crippen molar-refractivity contribution >= 4 is 17.6 Å². The molecule has 3 heterocycles. The molecule has 0 radical (unpaired) electrons. The van der Waals surface area contributed by atoms with E-state index in [1.165, 1.54) is 10.5 Å². The highest BCUT2D eigenvalue weighted by molar-refractivity contribution is 6.00. The van der Waals surface area contributed by atoms with Crippen molar-refractivity contribution in [1.29, 1.82) is 0 Å². The van der Waals surface area contributed by atoms with Gasteiger partial charge < -0.3 is 14.5 Å². The molecule has 4 atom stereocenters. The summed E-state index contributed by atoms with van der Waals surface area (Å²) in [5, 5.41) is 3.58. The van der Waals surface area contributed by atoms with E-state index < -0.39 is 6.04 Å². The number of carbonyl (C=O) groups excluding carboxylic acids is 2. The van der Waals surface area contributed by atoms with Crippen molar-refractivity contribution in [3.8, 4) is 5.75 Å². The normalized spacial score (nSPS) is 27.1. The van der Waals surface area contributed by atoms with E-state index in [2.05, 4.69) is 34.2 Å². The van der Waals surface area contributed by atoms with Crippen LogP contribution in [0.15, 0.2) is 54.6 Å². The number of fused-ring (bicyclic) bond motifs is 3. The summed E-state index contributed by atoms with van der Waals surface area (Å²) < 4.78 is 5.63. The van der Waals surface area contributed by atoms with E-state index >= 15 is 0 Å². The Hall–Kier alpha value is -3.10. The predicted octanol–water partition coefficient (Wildman–Crippen LogP) is 2.56. The van der Waals surface area contributed by atoms with Gasteiger partial charge in [-0.05, 0) is 36.5 Å². The van der Waals surface area contributed by atoms with Gasteiger partial charge in [-0.3, -0.25) is 19.9 Å². The van der Waals surface area contributed by atoms with Crippen molar-refractivity contribution in [3.05, 3.63) is 60.2 Å². The van der Waals surface area contributed by atoms with E-state index in [-0.39, 0.29) is 24.4 Å². The van der Waals surface area contributed by atoms with E-state index in [0.717, 1.165) is 37.4 Å². The maximum atomic E-state index is 13.7. The minimum absolute atomic E-state index is 0.106. The summed E-state index contributed by atoms with van der Waals surface area (Å²) in [7, 11) is 3.47. The van der Waals surface area contributed by atoms with Gasteiger partial charge in [0.15, 0.2) is 0 Å². The quantitative estimate of drug-likeness (QED) is 0.710. The Morgan fingerprint density at radius 2 is 1.76 bits per heavy atom. The fraction of sp³-hybridized carbons (Fsp3) is 0.462. The lowest BCUT2D eigenvalue weighted by Crippen LogP contribution is -2.66. The summed E-state index contributed by atoms with van der Waals surface area (Å²) in [5.74, 6) is 1.04. The summed E-state index contributed by atoms with van der Waals surface area (Å²) in [5.41, 5.74) is 2.20. The average molecular weight is 464 g/mol. The van der Waals surface area contributed by atoms with Crippen LogP contribution in [0.3, 0.4) is 0 Å². The van der Waals surface area contributed by atoms with Gasteiger partial charge in [-0.15, -0.1) is 0 Å². The lowest BCUT2D eigenvalue weighted by molar-refractivity contribution is -0.138. The van der Waals surface area contributed by atoms with E-state index in [4.69, 9.17) is 4.74 Å². The summed E-state index contributed by atoms with van der Waals surface area (Å²) in [6.07, 6.45) is 1.02. The first kappa shape index (κ1) is 22.7. The fourth-order valence-corrected chi connectivity index (χ4v) is 5.56. The Balaban J connectivity index is 1.38. The van der Waals surface area contributed by atoms with E-state index in [1.54, 1.807) is 19.1 Å². The highest BCUT2D eigenvalue weighted by Gasteiger charge is 2.56. The van der Waals surface area contributed by atoms with Gasteiger partial charge in [0.25, 0.3) is 5.91 Å². The maximum Gasteiger partial charge on any atom is 0.327 e. The van der Waals surface area contributed by atoms with Gasteiger partial charge in [0.05, 0.1) is 12.8 Å². The number of methoxy groups -OCH3 is 1. The number of ether oxygens (including phenoxy) is 1. The van der Waals surface area contributed by atoms with Gasteiger partial charge in [0.1, 0.15) is 24.2 Å². The van der Waals surface area contributed by atoms with Crippen LogP contribution in [-0.4, -0.2) is 78.9 Å².